The van der Waals surface area contributed by atoms with Crippen LogP contribution in [0.25, 0.3) is 15.9 Å². The third-order valence-corrected chi connectivity index (χ3v) is 6.34. The Labute approximate surface area is 178 Å². The van der Waals surface area contributed by atoms with Crippen molar-refractivity contribution in [1.29, 1.82) is 0 Å². The lowest BCUT2D eigenvalue weighted by Crippen LogP contribution is -2.20. The minimum absolute atomic E-state index is 0.0336. The highest BCUT2D eigenvalue weighted by Crippen LogP contribution is 2.34. The third-order valence-electron chi connectivity index (χ3n) is 4.29. The van der Waals surface area contributed by atoms with Crippen molar-refractivity contribution in [1.82, 2.24) is 14.8 Å². The van der Waals surface area contributed by atoms with E-state index >= 15 is 0 Å². The van der Waals surface area contributed by atoms with E-state index in [1.807, 2.05) is 0 Å². The molecule has 0 saturated carbocycles. The molecule has 1 N–H and O–H groups in total. The van der Waals surface area contributed by atoms with Crippen molar-refractivity contribution in [2.75, 3.05) is 11.6 Å². The van der Waals surface area contributed by atoms with E-state index < -0.39 is 33.2 Å². The summed E-state index contributed by atoms with van der Waals surface area (Å²) in [4.78, 5) is 16.9. The van der Waals surface area contributed by atoms with Crippen LogP contribution in [0.15, 0.2) is 59.6 Å². The number of nitrogens with zero attached hydrogens (tertiary/aromatic N) is 3. The number of rotatable bonds is 4. The number of hydrogen-bond acceptors (Lipinski definition) is 6. The van der Waals surface area contributed by atoms with Gasteiger partial charge in [-0.3, -0.25) is 10.1 Å². The number of thiazole rings is 1. The van der Waals surface area contributed by atoms with E-state index in [0.717, 1.165) is 23.8 Å². The van der Waals surface area contributed by atoms with Crippen molar-refractivity contribution in [3.8, 4) is 5.69 Å². The zero-order valence-electron chi connectivity index (χ0n) is 15.7. The van der Waals surface area contributed by atoms with Gasteiger partial charge >= 0.3 is 6.18 Å². The van der Waals surface area contributed by atoms with Crippen LogP contribution in [0.1, 0.15) is 16.1 Å². The molecule has 0 radical (unpaired) electrons. The van der Waals surface area contributed by atoms with Crippen molar-refractivity contribution in [2.45, 2.75) is 11.1 Å². The molecule has 1 amide bonds. The van der Waals surface area contributed by atoms with Crippen LogP contribution in [0.3, 0.4) is 0 Å². The number of halogens is 3. The van der Waals surface area contributed by atoms with E-state index in [4.69, 9.17) is 0 Å². The van der Waals surface area contributed by atoms with Crippen molar-refractivity contribution in [3.63, 3.8) is 0 Å². The zero-order chi connectivity index (χ0) is 22.4. The number of benzene rings is 2. The Kier molecular flexibility index (Phi) is 5.06. The number of carbonyl (C=O) groups excluding carboxylic acids is 1. The Morgan fingerprint density at radius 2 is 1.84 bits per heavy atom. The molecule has 2 aromatic carbocycles. The fourth-order valence-electron chi connectivity index (χ4n) is 2.91. The van der Waals surface area contributed by atoms with Crippen molar-refractivity contribution < 1.29 is 26.4 Å². The van der Waals surface area contributed by atoms with Gasteiger partial charge in [0.2, 0.25) is 0 Å². The minimum atomic E-state index is -4.84. The molecule has 2 aromatic heterocycles. The smallest absolute Gasteiger partial charge is 0.298 e. The Hall–Kier alpha value is -3.25. The first-order valence-corrected chi connectivity index (χ1v) is 11.4. The second-order valence-electron chi connectivity index (χ2n) is 6.53. The van der Waals surface area contributed by atoms with Crippen LogP contribution in [0.2, 0.25) is 0 Å². The number of amides is 1. The normalized spacial score (nSPS) is 12.3. The Morgan fingerprint density at radius 3 is 2.48 bits per heavy atom. The molecular formula is C19H13F3N4O3S2. The van der Waals surface area contributed by atoms with Gasteiger partial charge in [0.15, 0.2) is 20.7 Å². The summed E-state index contributed by atoms with van der Waals surface area (Å²) >= 11 is 0.951. The van der Waals surface area contributed by atoms with Gasteiger partial charge in [0.25, 0.3) is 5.91 Å². The Morgan fingerprint density at radius 1 is 1.13 bits per heavy atom. The average Bonchev–Trinajstić information content (AvgIpc) is 3.31. The highest BCUT2D eigenvalue weighted by atomic mass is 32.2. The molecule has 0 saturated heterocycles. The number of sulfone groups is 1. The molecule has 4 rings (SSSR count). The number of carbonyl (C=O) groups is 1. The van der Waals surface area contributed by atoms with Crippen LogP contribution in [0, 0.1) is 0 Å². The van der Waals surface area contributed by atoms with Crippen molar-refractivity contribution in [3.05, 3.63) is 66.0 Å². The molecule has 160 valence electrons. The summed E-state index contributed by atoms with van der Waals surface area (Å²) in [6.07, 6.45) is -2.93. The van der Waals surface area contributed by atoms with E-state index in [1.165, 1.54) is 30.3 Å². The van der Waals surface area contributed by atoms with Crippen LogP contribution >= 0.6 is 11.3 Å². The summed E-state index contributed by atoms with van der Waals surface area (Å²) in [5, 5.41) is 6.13. The number of anilines is 1. The molecular weight excluding hydrogens is 453 g/mol. The van der Waals surface area contributed by atoms with E-state index in [2.05, 4.69) is 15.4 Å². The van der Waals surface area contributed by atoms with Crippen molar-refractivity contribution in [2.24, 2.45) is 0 Å². The van der Waals surface area contributed by atoms with Gasteiger partial charge in [-0.1, -0.05) is 29.5 Å². The summed E-state index contributed by atoms with van der Waals surface area (Å²) in [6.45, 7) is 0. The molecule has 0 atom stereocenters. The second-order valence-corrected chi connectivity index (χ2v) is 9.57. The largest absolute Gasteiger partial charge is 0.434 e. The quantitative estimate of drug-likeness (QED) is 0.488. The maximum Gasteiger partial charge on any atom is 0.434 e. The highest BCUT2D eigenvalue weighted by molar-refractivity contribution is 7.90. The molecule has 0 aliphatic carbocycles. The standard InChI is InChI=1S/C19H13F3N4O3S2/c1-31(28,29)12-7-8-14-15(9-12)30-18(24-14)25-17(27)13-10-23-26(16(13)19(20,21)22)11-5-3-2-4-6-11/h2-10H,1H3,(H,24,25,27). The molecule has 0 aliphatic rings. The van der Waals surface area contributed by atoms with Gasteiger partial charge in [-0.05, 0) is 30.3 Å². The predicted octanol–water partition coefficient (Wildman–Crippen LogP) is 4.16. The third kappa shape index (κ3) is 4.16. The molecule has 0 aliphatic heterocycles. The van der Waals surface area contributed by atoms with Gasteiger partial charge in [0.1, 0.15) is 0 Å². The molecule has 0 spiro atoms. The predicted molar refractivity (Wildman–Crippen MR) is 109 cm³/mol. The fourth-order valence-corrected chi connectivity index (χ4v) is 4.53. The zero-order valence-corrected chi connectivity index (χ0v) is 17.3. The van der Waals surface area contributed by atoms with E-state index in [-0.39, 0.29) is 15.7 Å². The minimum Gasteiger partial charge on any atom is -0.298 e. The number of hydrogen-bond donors (Lipinski definition) is 1. The highest BCUT2D eigenvalue weighted by Gasteiger charge is 2.40. The van der Waals surface area contributed by atoms with Crippen LogP contribution in [0.5, 0.6) is 0 Å². The maximum atomic E-state index is 13.7. The summed E-state index contributed by atoms with van der Waals surface area (Å²) in [7, 11) is -3.44. The van der Waals surface area contributed by atoms with E-state index in [1.54, 1.807) is 18.2 Å². The lowest BCUT2D eigenvalue weighted by molar-refractivity contribution is -0.143. The number of nitrogens with one attached hydrogen (secondary N) is 1. The monoisotopic (exact) mass is 466 g/mol. The van der Waals surface area contributed by atoms with Crippen molar-refractivity contribution >= 4 is 42.4 Å². The first kappa shape index (κ1) is 21.0. The lowest BCUT2D eigenvalue weighted by Gasteiger charge is -2.12. The average molecular weight is 466 g/mol. The van der Waals surface area contributed by atoms with Gasteiger partial charge < -0.3 is 0 Å². The molecule has 7 nitrogen and oxygen atoms in total. The van der Waals surface area contributed by atoms with Crippen LogP contribution in [0.4, 0.5) is 18.3 Å². The number of aromatic nitrogens is 3. The molecule has 31 heavy (non-hydrogen) atoms. The van der Waals surface area contributed by atoms with Crippen LogP contribution < -0.4 is 5.32 Å². The number of fused-ring (bicyclic) bond motifs is 1. The SMILES string of the molecule is CS(=O)(=O)c1ccc2nc(NC(=O)c3cnn(-c4ccccc4)c3C(F)(F)F)sc2c1. The summed E-state index contributed by atoms with van der Waals surface area (Å²) < 4.78 is 65.7. The first-order chi connectivity index (χ1) is 14.5. The molecule has 0 fully saturated rings. The summed E-state index contributed by atoms with van der Waals surface area (Å²) in [6, 6.07) is 11.9. The summed E-state index contributed by atoms with van der Waals surface area (Å²) in [5.41, 5.74) is -1.31. The number of para-hydroxylation sites is 1. The molecule has 4 aromatic rings. The molecule has 0 bridgehead atoms. The van der Waals surface area contributed by atoms with Crippen LogP contribution in [-0.4, -0.2) is 35.3 Å². The van der Waals surface area contributed by atoms with Gasteiger partial charge in [0, 0.05) is 6.26 Å². The van der Waals surface area contributed by atoms with Crippen LogP contribution in [-0.2, 0) is 16.0 Å². The lowest BCUT2D eigenvalue weighted by atomic mass is 10.2. The van der Waals surface area contributed by atoms with Gasteiger partial charge in [-0.2, -0.15) is 18.3 Å². The number of alkyl halides is 3. The second kappa shape index (κ2) is 7.46. The molecule has 0 unspecified atom stereocenters. The Bertz CT molecular complexity index is 1390. The van der Waals surface area contributed by atoms with E-state index in [0.29, 0.717) is 14.9 Å². The fraction of sp³-hybridized carbons (Fsp3) is 0.105. The van der Waals surface area contributed by atoms with Gasteiger partial charge in [0.05, 0.1) is 32.6 Å². The maximum absolute atomic E-state index is 13.7. The topological polar surface area (TPSA) is 93.9 Å². The van der Waals surface area contributed by atoms with E-state index in [9.17, 15) is 26.4 Å². The summed E-state index contributed by atoms with van der Waals surface area (Å²) in [5.74, 6) is -1.03. The Balaban J connectivity index is 1.70. The van der Waals surface area contributed by atoms with Gasteiger partial charge in [-0.15, -0.1) is 0 Å². The molecule has 12 heteroatoms. The molecule has 2 heterocycles. The first-order valence-electron chi connectivity index (χ1n) is 8.67. The van der Waals surface area contributed by atoms with Gasteiger partial charge in [-0.25, -0.2) is 18.1 Å².